The number of aromatic nitrogens is 2. The van der Waals surface area contributed by atoms with Crippen molar-refractivity contribution in [1.82, 2.24) is 9.97 Å². The van der Waals surface area contributed by atoms with Crippen LogP contribution in [0.2, 0.25) is 5.02 Å². The quantitative estimate of drug-likeness (QED) is 0.380. The van der Waals surface area contributed by atoms with Crippen LogP contribution in [0.4, 0.5) is 20.3 Å². The summed E-state index contributed by atoms with van der Waals surface area (Å²) in [5.74, 6) is -3.80. The molecule has 0 fully saturated rings. The van der Waals surface area contributed by atoms with Crippen LogP contribution in [0, 0.1) is 11.6 Å². The number of carbonyl (C=O) groups excluding carboxylic acids is 2. The Morgan fingerprint density at radius 2 is 1.91 bits per heavy atom. The molecule has 0 radical (unpaired) electrons. The van der Waals surface area contributed by atoms with Gasteiger partial charge in [0.05, 0.1) is 11.5 Å². The van der Waals surface area contributed by atoms with E-state index in [9.17, 15) is 23.2 Å². The van der Waals surface area contributed by atoms with Crippen molar-refractivity contribution < 1.29 is 18.4 Å². The van der Waals surface area contributed by atoms with E-state index in [-0.39, 0.29) is 28.6 Å². The van der Waals surface area contributed by atoms with E-state index in [4.69, 9.17) is 11.6 Å². The van der Waals surface area contributed by atoms with Gasteiger partial charge in [-0.2, -0.15) is 0 Å². The van der Waals surface area contributed by atoms with Crippen molar-refractivity contribution >= 4 is 46.7 Å². The van der Waals surface area contributed by atoms with Crippen molar-refractivity contribution in [1.29, 1.82) is 0 Å². The monoisotopic (exact) mass is 476 g/mol. The van der Waals surface area contributed by atoms with E-state index in [1.54, 1.807) is 12.1 Å². The highest BCUT2D eigenvalue weighted by Gasteiger charge is 2.35. The number of fused-ring (bicyclic) bond motifs is 1. The van der Waals surface area contributed by atoms with E-state index >= 15 is 0 Å². The summed E-state index contributed by atoms with van der Waals surface area (Å²) in [6.07, 6.45) is -0.312. The molecule has 2 heterocycles. The number of halogens is 3. The second kappa shape index (κ2) is 9.09. The number of nitrogens with zero attached hydrogens (tertiary/aromatic N) is 1. The fourth-order valence-electron chi connectivity index (χ4n) is 3.26. The van der Waals surface area contributed by atoms with Crippen molar-refractivity contribution in [2.75, 3.05) is 10.6 Å². The van der Waals surface area contributed by atoms with E-state index in [0.717, 1.165) is 17.7 Å². The molecule has 3 aromatic rings. The fourth-order valence-corrected chi connectivity index (χ4v) is 4.41. The first-order valence-corrected chi connectivity index (χ1v) is 10.7. The van der Waals surface area contributed by atoms with Gasteiger partial charge in [-0.15, -0.1) is 0 Å². The third-order valence-electron chi connectivity index (χ3n) is 4.70. The minimum atomic E-state index is -1.18. The largest absolute Gasteiger partial charge is 0.325 e. The smallest absolute Gasteiger partial charge is 0.257 e. The Morgan fingerprint density at radius 3 is 2.62 bits per heavy atom. The second-order valence-corrected chi connectivity index (χ2v) is 8.34. The summed E-state index contributed by atoms with van der Waals surface area (Å²) in [5.41, 5.74) is 0.0859. The van der Waals surface area contributed by atoms with Crippen LogP contribution < -0.4 is 16.2 Å². The van der Waals surface area contributed by atoms with Gasteiger partial charge in [0.2, 0.25) is 11.8 Å². The molecule has 0 saturated carbocycles. The van der Waals surface area contributed by atoms with Crippen molar-refractivity contribution in [3.63, 3.8) is 0 Å². The maximum Gasteiger partial charge on any atom is 0.257 e. The zero-order valence-electron chi connectivity index (χ0n) is 16.2. The summed E-state index contributed by atoms with van der Waals surface area (Å²) in [6, 6.07) is 9.74. The van der Waals surface area contributed by atoms with Crippen LogP contribution in [0.1, 0.15) is 23.5 Å². The first-order valence-electron chi connectivity index (χ1n) is 9.37. The molecule has 3 N–H and O–H groups in total. The zero-order valence-corrected chi connectivity index (χ0v) is 17.8. The number of H-pyrrole nitrogens is 1. The molecule has 2 aromatic carbocycles. The van der Waals surface area contributed by atoms with Gasteiger partial charge in [-0.3, -0.25) is 14.4 Å². The molecule has 4 rings (SSSR count). The molecule has 1 aromatic heterocycles. The lowest BCUT2D eigenvalue weighted by atomic mass is 9.92. The maximum absolute atomic E-state index is 13.4. The number of nitrogens with one attached hydrogen (secondary N) is 3. The van der Waals surface area contributed by atoms with Gasteiger partial charge < -0.3 is 15.6 Å². The SMILES string of the molecule is O=C1C[C@H](C(=O)Nc2cc(F)cc(F)c2)c2c(nc(SCc3ccccc3Cl)[nH]c2=O)N1. The molecule has 32 heavy (non-hydrogen) atoms. The summed E-state index contributed by atoms with van der Waals surface area (Å²) >= 11 is 7.35. The Kier molecular flexibility index (Phi) is 6.24. The number of benzene rings is 2. The Balaban J connectivity index is 1.59. The molecule has 1 aliphatic heterocycles. The Labute approximate surface area is 189 Å². The lowest BCUT2D eigenvalue weighted by Crippen LogP contribution is -2.36. The van der Waals surface area contributed by atoms with Crippen molar-refractivity contribution in [2.24, 2.45) is 0 Å². The number of carbonyl (C=O) groups is 2. The first-order chi connectivity index (χ1) is 15.3. The highest BCUT2D eigenvalue weighted by molar-refractivity contribution is 7.98. The lowest BCUT2D eigenvalue weighted by molar-refractivity contribution is -0.123. The number of amides is 2. The molecule has 7 nitrogen and oxygen atoms in total. The van der Waals surface area contributed by atoms with Gasteiger partial charge in [-0.05, 0) is 23.8 Å². The molecule has 1 aliphatic rings. The van der Waals surface area contributed by atoms with Gasteiger partial charge in [-0.25, -0.2) is 13.8 Å². The van der Waals surface area contributed by atoms with Gasteiger partial charge in [0.15, 0.2) is 5.16 Å². The average molecular weight is 477 g/mol. The predicted molar refractivity (Wildman–Crippen MR) is 117 cm³/mol. The molecule has 0 saturated heterocycles. The summed E-state index contributed by atoms with van der Waals surface area (Å²) in [7, 11) is 0. The standard InChI is InChI=1S/C21H15ClF2N4O3S/c22-15-4-2-1-3-10(15)9-32-21-27-18-17(20(31)28-21)14(8-16(29)26-18)19(30)25-13-6-11(23)5-12(24)7-13/h1-7,14H,8-9H2,(H,25,30)(H2,26,27,28,29,31)/t14-/m0/s1. The second-order valence-electron chi connectivity index (χ2n) is 6.97. The zero-order chi connectivity index (χ0) is 22.8. The number of hydrogen-bond acceptors (Lipinski definition) is 5. The van der Waals surface area contributed by atoms with Crippen LogP contribution in [0.5, 0.6) is 0 Å². The number of hydrogen-bond donors (Lipinski definition) is 3. The van der Waals surface area contributed by atoms with Crippen LogP contribution in [0.25, 0.3) is 0 Å². The third-order valence-corrected chi connectivity index (χ3v) is 5.99. The van der Waals surface area contributed by atoms with Crippen LogP contribution in [-0.4, -0.2) is 21.8 Å². The summed E-state index contributed by atoms with van der Waals surface area (Å²) < 4.78 is 26.8. The molecule has 164 valence electrons. The van der Waals surface area contributed by atoms with Crippen LogP contribution in [0.15, 0.2) is 52.4 Å². The van der Waals surface area contributed by atoms with Gasteiger partial charge >= 0.3 is 0 Å². The van der Waals surface area contributed by atoms with Crippen LogP contribution in [0.3, 0.4) is 0 Å². The minimum absolute atomic E-state index is 0.0268. The van der Waals surface area contributed by atoms with Crippen LogP contribution in [-0.2, 0) is 15.3 Å². The Hall–Kier alpha value is -3.24. The van der Waals surface area contributed by atoms with Crippen molar-refractivity contribution in [3.8, 4) is 0 Å². The summed E-state index contributed by atoms with van der Waals surface area (Å²) in [4.78, 5) is 44.5. The topological polar surface area (TPSA) is 104 Å². The first kappa shape index (κ1) is 22.0. The Morgan fingerprint density at radius 1 is 1.19 bits per heavy atom. The van der Waals surface area contributed by atoms with Crippen molar-refractivity contribution in [2.45, 2.75) is 23.2 Å². The van der Waals surface area contributed by atoms with Gasteiger partial charge in [0, 0.05) is 29.0 Å². The normalized spacial score (nSPS) is 15.1. The Bertz CT molecular complexity index is 1260. The highest BCUT2D eigenvalue weighted by atomic mass is 35.5. The van der Waals surface area contributed by atoms with E-state index < -0.39 is 34.9 Å². The summed E-state index contributed by atoms with van der Waals surface area (Å²) in [5, 5.41) is 5.67. The molecule has 1 atom stereocenters. The van der Waals surface area contributed by atoms with E-state index in [2.05, 4.69) is 20.6 Å². The molecule has 0 unspecified atom stereocenters. The van der Waals surface area contributed by atoms with E-state index in [0.29, 0.717) is 16.8 Å². The molecule has 0 bridgehead atoms. The molecular formula is C21H15ClF2N4O3S. The van der Waals surface area contributed by atoms with E-state index in [1.807, 2.05) is 12.1 Å². The molecule has 0 spiro atoms. The predicted octanol–water partition coefficient (Wildman–Crippen LogP) is 4.06. The van der Waals surface area contributed by atoms with E-state index in [1.165, 1.54) is 11.8 Å². The number of aromatic amines is 1. The third kappa shape index (κ3) is 4.81. The lowest BCUT2D eigenvalue weighted by Gasteiger charge is -2.23. The van der Waals surface area contributed by atoms with Gasteiger partial charge in [-0.1, -0.05) is 41.6 Å². The molecule has 11 heteroatoms. The fraction of sp³-hybridized carbons (Fsp3) is 0.143. The van der Waals surface area contributed by atoms with Gasteiger partial charge in [0.1, 0.15) is 17.5 Å². The summed E-state index contributed by atoms with van der Waals surface area (Å²) in [6.45, 7) is 0. The highest BCUT2D eigenvalue weighted by Crippen LogP contribution is 2.31. The molecular weight excluding hydrogens is 462 g/mol. The maximum atomic E-state index is 13.4. The average Bonchev–Trinajstić information content (AvgIpc) is 2.71. The van der Waals surface area contributed by atoms with Crippen LogP contribution >= 0.6 is 23.4 Å². The molecule has 2 amide bonds. The van der Waals surface area contributed by atoms with Crippen molar-refractivity contribution in [3.05, 3.63) is 80.6 Å². The molecule has 0 aliphatic carbocycles. The number of rotatable bonds is 5. The number of thioether (sulfide) groups is 1. The number of anilines is 2. The van der Waals surface area contributed by atoms with Gasteiger partial charge in [0.25, 0.3) is 5.56 Å². The minimum Gasteiger partial charge on any atom is -0.325 e.